The number of amides is 2. The average molecular weight is 212 g/mol. The van der Waals surface area contributed by atoms with Gasteiger partial charge in [-0.05, 0) is 13.8 Å². The smallest absolute Gasteiger partial charge is 0.349 e. The number of urea groups is 1. The molecule has 0 radical (unpaired) electrons. The monoisotopic (exact) mass is 212 g/mol. The molecule has 2 amide bonds. The summed E-state index contributed by atoms with van der Waals surface area (Å²) in [6.45, 7) is 3.24. The summed E-state index contributed by atoms with van der Waals surface area (Å²) in [6, 6.07) is -0.578. The highest BCUT2D eigenvalue weighted by molar-refractivity contribution is 6.38. The van der Waals surface area contributed by atoms with Crippen LogP contribution in [0.25, 0.3) is 0 Å². The van der Waals surface area contributed by atoms with Gasteiger partial charge in [-0.15, -0.1) is 5.10 Å². The third-order valence-electron chi connectivity index (χ3n) is 1.50. The van der Waals surface area contributed by atoms with E-state index in [2.05, 4.69) is 15.2 Å². The molecule has 0 saturated carbocycles. The van der Waals surface area contributed by atoms with Crippen molar-refractivity contribution in [2.24, 2.45) is 15.2 Å². The van der Waals surface area contributed by atoms with Crippen LogP contribution in [0.15, 0.2) is 15.2 Å². The lowest BCUT2D eigenvalue weighted by atomic mass is 10.5. The molecule has 0 fully saturated rings. The molecule has 0 aliphatic carbocycles. The van der Waals surface area contributed by atoms with Crippen LogP contribution in [0.3, 0.4) is 0 Å². The molecule has 1 aliphatic rings. The number of carbonyl (C=O) groups is 1. The molecule has 0 aromatic carbocycles. The second-order valence-electron chi connectivity index (χ2n) is 3.14. The third-order valence-corrected chi connectivity index (χ3v) is 1.50. The van der Waals surface area contributed by atoms with Crippen LogP contribution in [0.1, 0.15) is 13.8 Å². The fraction of sp³-hybridized carbons (Fsp3) is 0.500. The molecule has 1 aliphatic heterocycles. The van der Waals surface area contributed by atoms with Crippen molar-refractivity contribution in [1.29, 1.82) is 0 Å². The molecular weight excluding hydrogens is 200 g/mol. The van der Waals surface area contributed by atoms with Gasteiger partial charge in [0, 0.05) is 5.71 Å². The number of aliphatic imine (C=N–C) groups is 1. The summed E-state index contributed by atoms with van der Waals surface area (Å²) in [4.78, 5) is 15.6. The minimum atomic E-state index is -1.62. The molecule has 1 heterocycles. The van der Waals surface area contributed by atoms with Gasteiger partial charge in [0.25, 0.3) is 0 Å². The van der Waals surface area contributed by atoms with E-state index < -0.39 is 12.3 Å². The van der Waals surface area contributed by atoms with Crippen molar-refractivity contribution < 1.29 is 15.0 Å². The van der Waals surface area contributed by atoms with Gasteiger partial charge in [0.05, 0.1) is 12.8 Å². The minimum absolute atomic E-state index is 0.203. The summed E-state index contributed by atoms with van der Waals surface area (Å²) in [5, 5.41) is 25.0. The molecule has 2 N–H and O–H groups in total. The van der Waals surface area contributed by atoms with E-state index in [1.807, 2.05) is 0 Å². The molecule has 0 unspecified atom stereocenters. The Morgan fingerprint density at radius 2 is 2.27 bits per heavy atom. The molecule has 82 valence electrons. The molecule has 0 saturated heterocycles. The number of rotatable bonds is 3. The second kappa shape index (κ2) is 4.76. The zero-order valence-corrected chi connectivity index (χ0v) is 8.45. The van der Waals surface area contributed by atoms with Crippen LogP contribution in [0, 0.1) is 0 Å². The number of hydrogen-bond donors (Lipinski definition) is 2. The Bertz CT molecular complexity index is 342. The largest absolute Gasteiger partial charge is 0.367 e. The van der Waals surface area contributed by atoms with Gasteiger partial charge in [0.2, 0.25) is 0 Å². The predicted octanol–water partition coefficient (Wildman–Crippen LogP) is -0.402. The summed E-state index contributed by atoms with van der Waals surface area (Å²) in [5.41, 5.74) is 0.722. The van der Waals surface area contributed by atoms with Gasteiger partial charge in [-0.25, -0.2) is 4.79 Å². The summed E-state index contributed by atoms with van der Waals surface area (Å²) in [7, 11) is 0. The Morgan fingerprint density at radius 3 is 2.80 bits per heavy atom. The summed E-state index contributed by atoms with van der Waals surface area (Å²) < 4.78 is 0. The van der Waals surface area contributed by atoms with Gasteiger partial charge in [-0.2, -0.15) is 10.1 Å². The van der Waals surface area contributed by atoms with Crippen molar-refractivity contribution in [2.75, 3.05) is 6.54 Å². The van der Waals surface area contributed by atoms with Crippen LogP contribution in [0.2, 0.25) is 0 Å². The Balaban J connectivity index is 2.80. The van der Waals surface area contributed by atoms with E-state index >= 15 is 0 Å². The molecule has 0 spiro atoms. The van der Waals surface area contributed by atoms with E-state index in [-0.39, 0.29) is 12.4 Å². The molecule has 0 aromatic rings. The van der Waals surface area contributed by atoms with Crippen LogP contribution >= 0.6 is 0 Å². The molecule has 0 aromatic heterocycles. The second-order valence-corrected chi connectivity index (χ2v) is 3.14. The van der Waals surface area contributed by atoms with Crippen LogP contribution < -0.4 is 0 Å². The third kappa shape index (κ3) is 3.22. The van der Waals surface area contributed by atoms with Gasteiger partial charge >= 0.3 is 6.03 Å². The number of hydrogen-bond acceptors (Lipinski definition) is 5. The summed E-state index contributed by atoms with van der Waals surface area (Å²) >= 11 is 0. The molecule has 7 heteroatoms. The number of nitrogens with zero attached hydrogens (tertiary/aromatic N) is 4. The number of aliphatic hydroxyl groups is 2. The van der Waals surface area contributed by atoms with Crippen LogP contribution in [-0.4, -0.2) is 51.7 Å². The molecule has 7 nitrogen and oxygen atoms in total. The Kier molecular flexibility index (Phi) is 3.64. The highest BCUT2D eigenvalue weighted by atomic mass is 16.5. The van der Waals surface area contributed by atoms with Crippen molar-refractivity contribution in [2.45, 2.75) is 20.1 Å². The van der Waals surface area contributed by atoms with Crippen molar-refractivity contribution in [3.05, 3.63) is 0 Å². The zero-order valence-electron chi connectivity index (χ0n) is 8.45. The van der Waals surface area contributed by atoms with Crippen LogP contribution in [-0.2, 0) is 0 Å². The van der Waals surface area contributed by atoms with E-state index in [4.69, 9.17) is 10.2 Å². The maximum absolute atomic E-state index is 11.1. The van der Waals surface area contributed by atoms with E-state index in [9.17, 15) is 4.79 Å². The topological polar surface area (TPSA) is 97.9 Å². The summed E-state index contributed by atoms with van der Waals surface area (Å²) in [5.74, 6) is 0.203. The highest BCUT2D eigenvalue weighted by Crippen LogP contribution is 2.04. The van der Waals surface area contributed by atoms with Crippen molar-refractivity contribution in [1.82, 2.24) is 4.90 Å². The molecule has 1 rings (SSSR count). The maximum Gasteiger partial charge on any atom is 0.349 e. The van der Waals surface area contributed by atoms with E-state index in [1.54, 1.807) is 13.8 Å². The SMILES string of the molecule is CC(C)=NN=C1C=NC(=O)N1CC(O)O. The van der Waals surface area contributed by atoms with E-state index in [0.29, 0.717) is 0 Å². The zero-order chi connectivity index (χ0) is 11.4. The lowest BCUT2D eigenvalue weighted by molar-refractivity contribution is -0.0459. The van der Waals surface area contributed by atoms with Crippen LogP contribution in [0.4, 0.5) is 4.79 Å². The Hall–Kier alpha value is -1.60. The van der Waals surface area contributed by atoms with Crippen molar-refractivity contribution >= 4 is 23.8 Å². The predicted molar refractivity (Wildman–Crippen MR) is 55.0 cm³/mol. The minimum Gasteiger partial charge on any atom is -0.367 e. The molecule has 0 atom stereocenters. The van der Waals surface area contributed by atoms with Crippen molar-refractivity contribution in [3.8, 4) is 0 Å². The first-order valence-electron chi connectivity index (χ1n) is 4.31. The number of aliphatic hydroxyl groups excluding tert-OH is 1. The number of β-amino-alcohol motifs (C(OH)–C–C–N with tert-alkyl or cyclic N) is 2. The first kappa shape index (κ1) is 11.5. The molecular formula is C8H12N4O3. The Morgan fingerprint density at radius 1 is 1.60 bits per heavy atom. The molecule has 15 heavy (non-hydrogen) atoms. The number of amidine groups is 1. The van der Waals surface area contributed by atoms with Gasteiger partial charge in [0.15, 0.2) is 12.1 Å². The lowest BCUT2D eigenvalue weighted by Crippen LogP contribution is -2.37. The summed E-state index contributed by atoms with van der Waals surface area (Å²) in [6.07, 6.45) is -0.385. The lowest BCUT2D eigenvalue weighted by Gasteiger charge is -2.14. The van der Waals surface area contributed by atoms with Gasteiger partial charge in [-0.3, -0.25) is 4.90 Å². The van der Waals surface area contributed by atoms with Gasteiger partial charge in [-0.1, -0.05) is 0 Å². The number of carbonyl (C=O) groups excluding carboxylic acids is 1. The van der Waals surface area contributed by atoms with Gasteiger partial charge < -0.3 is 10.2 Å². The standard InChI is InChI=1S/C8H12N4O3/c1-5(2)10-11-6-3-9-8(15)12(6)4-7(13)14/h3,7,13-14H,4H2,1-2H3. The normalized spacial score (nSPS) is 18.1. The van der Waals surface area contributed by atoms with Crippen LogP contribution in [0.5, 0.6) is 0 Å². The van der Waals surface area contributed by atoms with Gasteiger partial charge in [0.1, 0.15) is 0 Å². The fourth-order valence-electron chi connectivity index (χ4n) is 0.916. The fourth-order valence-corrected chi connectivity index (χ4v) is 0.916. The average Bonchev–Trinajstić information content (AvgIpc) is 2.44. The van der Waals surface area contributed by atoms with Crippen molar-refractivity contribution in [3.63, 3.8) is 0 Å². The van der Waals surface area contributed by atoms with E-state index in [0.717, 1.165) is 10.6 Å². The van der Waals surface area contributed by atoms with E-state index in [1.165, 1.54) is 6.21 Å². The maximum atomic E-state index is 11.1. The Labute approximate surface area is 86.5 Å². The first-order chi connectivity index (χ1) is 7.00. The molecule has 0 bridgehead atoms. The first-order valence-corrected chi connectivity index (χ1v) is 4.31. The highest BCUT2D eigenvalue weighted by Gasteiger charge is 2.25. The quantitative estimate of drug-likeness (QED) is 0.378.